The van der Waals surface area contributed by atoms with Gasteiger partial charge in [-0.05, 0) is 31.2 Å². The van der Waals surface area contributed by atoms with Gasteiger partial charge in [-0.25, -0.2) is 4.98 Å². The van der Waals surface area contributed by atoms with E-state index in [1.165, 1.54) is 9.60 Å². The van der Waals surface area contributed by atoms with Gasteiger partial charge in [0.05, 0.1) is 43.0 Å². The van der Waals surface area contributed by atoms with Crippen molar-refractivity contribution in [1.29, 1.82) is 0 Å². The second kappa shape index (κ2) is 9.24. The molecule has 1 fully saturated rings. The van der Waals surface area contributed by atoms with Crippen LogP contribution in [0.4, 0.5) is 0 Å². The molecule has 0 atom stereocenters. The number of piperazine rings is 1. The summed E-state index contributed by atoms with van der Waals surface area (Å²) in [5.74, 6) is 1.31. The molecule has 0 spiro atoms. The Kier molecular flexibility index (Phi) is 6.27. The maximum absolute atomic E-state index is 12.6. The minimum Gasteiger partial charge on any atom is -0.490 e. The predicted molar refractivity (Wildman–Crippen MR) is 114 cm³/mol. The molecular weight excluding hydrogens is 386 g/mol. The van der Waals surface area contributed by atoms with Gasteiger partial charge >= 0.3 is 0 Å². The van der Waals surface area contributed by atoms with Gasteiger partial charge in [-0.2, -0.15) is 0 Å². The number of rotatable bonds is 7. The highest BCUT2D eigenvalue weighted by atomic mass is 32.1. The quantitative estimate of drug-likeness (QED) is 0.645. The van der Waals surface area contributed by atoms with Crippen molar-refractivity contribution in [2.45, 2.75) is 13.5 Å². The number of quaternary nitrogens is 1. The van der Waals surface area contributed by atoms with E-state index >= 15 is 0 Å². The number of aromatic nitrogens is 1. The molecule has 1 aliphatic heterocycles. The van der Waals surface area contributed by atoms with Crippen LogP contribution in [0, 0.1) is 0 Å². The van der Waals surface area contributed by atoms with Gasteiger partial charge in [0.1, 0.15) is 11.6 Å². The third kappa shape index (κ3) is 4.86. The molecule has 0 unspecified atom stereocenters. The molecule has 3 aromatic rings. The molecule has 1 amide bonds. The Morgan fingerprint density at radius 3 is 2.48 bits per heavy atom. The van der Waals surface area contributed by atoms with E-state index in [9.17, 15) is 4.79 Å². The van der Waals surface area contributed by atoms with Crippen LogP contribution in [0.3, 0.4) is 0 Å². The third-order valence-corrected chi connectivity index (χ3v) is 6.10. The van der Waals surface area contributed by atoms with Crippen LogP contribution in [0.25, 0.3) is 10.2 Å². The summed E-state index contributed by atoms with van der Waals surface area (Å²) in [4.78, 5) is 20.7. The fraction of sp³-hybridized carbons (Fsp3) is 0.364. The van der Waals surface area contributed by atoms with Gasteiger partial charge < -0.3 is 19.3 Å². The van der Waals surface area contributed by atoms with Crippen LogP contribution in [0.1, 0.15) is 11.9 Å². The maximum atomic E-state index is 12.6. The summed E-state index contributed by atoms with van der Waals surface area (Å²) in [5.41, 5.74) is 1.07. The zero-order chi connectivity index (χ0) is 20.1. The van der Waals surface area contributed by atoms with Gasteiger partial charge in [-0.15, -0.1) is 11.3 Å². The Labute approximate surface area is 174 Å². The fourth-order valence-electron chi connectivity index (χ4n) is 3.53. The van der Waals surface area contributed by atoms with Crippen molar-refractivity contribution in [3.05, 3.63) is 53.5 Å². The van der Waals surface area contributed by atoms with E-state index in [-0.39, 0.29) is 12.5 Å². The lowest BCUT2D eigenvalue weighted by atomic mass is 10.3. The van der Waals surface area contributed by atoms with Crippen molar-refractivity contribution < 1.29 is 19.2 Å². The molecule has 1 aromatic heterocycles. The van der Waals surface area contributed by atoms with Gasteiger partial charge in [-0.1, -0.05) is 24.3 Å². The lowest BCUT2D eigenvalue weighted by Gasteiger charge is -2.31. The molecular formula is C22H26N3O3S+. The first-order valence-corrected chi connectivity index (χ1v) is 10.8. The van der Waals surface area contributed by atoms with Crippen LogP contribution in [0.5, 0.6) is 11.5 Å². The van der Waals surface area contributed by atoms with Crippen molar-refractivity contribution >= 4 is 27.5 Å². The van der Waals surface area contributed by atoms with Crippen LogP contribution in [-0.2, 0) is 11.3 Å². The molecule has 1 aliphatic rings. The van der Waals surface area contributed by atoms with Crippen LogP contribution >= 0.6 is 11.3 Å². The second-order valence-electron chi connectivity index (χ2n) is 7.05. The molecule has 2 aromatic carbocycles. The smallest absolute Gasteiger partial charge is 0.260 e. The average Bonchev–Trinajstić information content (AvgIpc) is 3.16. The number of fused-ring (bicyclic) bond motifs is 1. The van der Waals surface area contributed by atoms with E-state index in [1.54, 1.807) is 11.3 Å². The Bertz CT molecular complexity index is 934. The lowest BCUT2D eigenvalue weighted by molar-refractivity contribution is -0.917. The molecule has 1 N–H and O–H groups in total. The molecule has 2 heterocycles. The summed E-state index contributed by atoms with van der Waals surface area (Å²) in [6, 6.07) is 15.7. The number of nitrogens with zero attached hydrogens (tertiary/aromatic N) is 2. The number of hydrogen-bond acceptors (Lipinski definition) is 5. The highest BCUT2D eigenvalue weighted by Gasteiger charge is 2.25. The van der Waals surface area contributed by atoms with Crippen LogP contribution < -0.4 is 14.4 Å². The summed E-state index contributed by atoms with van der Waals surface area (Å²) >= 11 is 1.76. The summed E-state index contributed by atoms with van der Waals surface area (Å²) in [6.45, 7) is 6.79. The number of ether oxygens (including phenoxy) is 2. The van der Waals surface area contributed by atoms with Crippen molar-refractivity contribution in [3.63, 3.8) is 0 Å². The maximum Gasteiger partial charge on any atom is 0.260 e. The Hall–Kier alpha value is -2.64. The van der Waals surface area contributed by atoms with Gasteiger partial charge in [0.25, 0.3) is 5.91 Å². The largest absolute Gasteiger partial charge is 0.490 e. The van der Waals surface area contributed by atoms with Gasteiger partial charge in [-0.3, -0.25) is 4.79 Å². The Morgan fingerprint density at radius 1 is 1.07 bits per heavy atom. The zero-order valence-corrected chi connectivity index (χ0v) is 17.4. The first kappa shape index (κ1) is 19.7. The van der Waals surface area contributed by atoms with Gasteiger partial charge in [0, 0.05) is 0 Å². The summed E-state index contributed by atoms with van der Waals surface area (Å²) < 4.78 is 12.5. The number of para-hydroxylation sites is 3. The van der Waals surface area contributed by atoms with Crippen LogP contribution in [-0.4, -0.2) is 55.2 Å². The van der Waals surface area contributed by atoms with E-state index in [2.05, 4.69) is 18.2 Å². The summed E-state index contributed by atoms with van der Waals surface area (Å²) in [7, 11) is 0. The number of nitrogens with one attached hydrogen (secondary N) is 1. The van der Waals surface area contributed by atoms with E-state index < -0.39 is 0 Å². The van der Waals surface area contributed by atoms with Gasteiger partial charge in [0.15, 0.2) is 18.1 Å². The predicted octanol–water partition coefficient (Wildman–Crippen LogP) is 2.00. The summed E-state index contributed by atoms with van der Waals surface area (Å²) in [5, 5.41) is 1.16. The first-order chi connectivity index (χ1) is 14.2. The third-order valence-electron chi connectivity index (χ3n) is 5.06. The van der Waals surface area contributed by atoms with Crippen LogP contribution in [0.2, 0.25) is 0 Å². The van der Waals surface area contributed by atoms with Crippen molar-refractivity contribution in [1.82, 2.24) is 9.88 Å². The second-order valence-corrected chi connectivity index (χ2v) is 8.17. The molecule has 6 nitrogen and oxygen atoms in total. The number of hydrogen-bond donors (Lipinski definition) is 1. The molecule has 152 valence electrons. The molecule has 1 saturated heterocycles. The number of carbonyl (C=O) groups is 1. The van der Waals surface area contributed by atoms with E-state index in [1.807, 2.05) is 42.2 Å². The molecule has 7 heteroatoms. The normalized spacial score (nSPS) is 14.9. The van der Waals surface area contributed by atoms with Gasteiger partial charge in [0.2, 0.25) is 0 Å². The van der Waals surface area contributed by atoms with Crippen molar-refractivity contribution in [2.24, 2.45) is 0 Å². The SMILES string of the molecule is CCOc1ccccc1OCC(=O)N1CC[NH+](Cc2nc3ccccc3s2)CC1. The van der Waals surface area contributed by atoms with Crippen molar-refractivity contribution in [3.8, 4) is 11.5 Å². The summed E-state index contributed by atoms with van der Waals surface area (Å²) in [6.07, 6.45) is 0. The number of thiazole rings is 1. The minimum atomic E-state index is 0.0235. The van der Waals surface area contributed by atoms with Crippen LogP contribution in [0.15, 0.2) is 48.5 Å². The van der Waals surface area contributed by atoms with E-state index in [4.69, 9.17) is 14.5 Å². The van der Waals surface area contributed by atoms with E-state index in [0.29, 0.717) is 18.1 Å². The number of benzene rings is 2. The zero-order valence-electron chi connectivity index (χ0n) is 16.6. The monoisotopic (exact) mass is 412 g/mol. The molecule has 29 heavy (non-hydrogen) atoms. The molecule has 0 saturated carbocycles. The standard InChI is InChI=1S/C22H25N3O3S/c1-2-27-18-8-4-5-9-19(18)28-16-22(26)25-13-11-24(12-14-25)15-21-23-17-7-3-6-10-20(17)29-21/h3-10H,2,11-16H2,1H3/p+1. The highest BCUT2D eigenvalue weighted by molar-refractivity contribution is 7.18. The lowest BCUT2D eigenvalue weighted by Crippen LogP contribution is -3.13. The number of amides is 1. The topological polar surface area (TPSA) is 56.1 Å². The molecule has 0 bridgehead atoms. The fourth-order valence-corrected chi connectivity index (χ4v) is 4.57. The minimum absolute atomic E-state index is 0.0235. The average molecular weight is 413 g/mol. The van der Waals surface area contributed by atoms with Crippen molar-refractivity contribution in [2.75, 3.05) is 39.4 Å². The number of carbonyl (C=O) groups excluding carboxylic acids is 1. The molecule has 4 rings (SSSR count). The Morgan fingerprint density at radius 2 is 1.76 bits per heavy atom. The Balaban J connectivity index is 1.26. The first-order valence-electron chi connectivity index (χ1n) is 10.0. The highest BCUT2D eigenvalue weighted by Crippen LogP contribution is 2.26. The van der Waals surface area contributed by atoms with E-state index in [0.717, 1.165) is 43.2 Å². The molecule has 0 aliphatic carbocycles. The molecule has 0 radical (unpaired) electrons.